The third-order valence-electron chi connectivity index (χ3n) is 7.79. The maximum Gasteiger partial charge on any atom is 0.306 e. The summed E-state index contributed by atoms with van der Waals surface area (Å²) in [4.78, 5) is 37.0. The van der Waals surface area contributed by atoms with E-state index in [1.807, 2.05) is 0 Å². The van der Waals surface area contributed by atoms with Crippen molar-refractivity contribution < 1.29 is 28.6 Å². The molecular formula is C36H68O6. The van der Waals surface area contributed by atoms with Crippen LogP contribution in [0.1, 0.15) is 188 Å². The molecule has 0 aliphatic rings. The number of ether oxygens (including phenoxy) is 3. The lowest BCUT2D eigenvalue weighted by atomic mass is 10.0. The van der Waals surface area contributed by atoms with Crippen LogP contribution in [0.2, 0.25) is 0 Å². The fraction of sp³-hybridized carbons (Fsp3) is 0.917. The molecule has 0 bridgehead atoms. The standard InChI is InChI=1S/C36H68O6/c1-5-7-9-11-12-13-16-20-23-27-34(37)40-30-33(42-36(39)29-25-18-10-8-6-2)31-41-35(38)28-24-21-17-14-15-19-22-26-32(3)4/h32-33H,5-31H2,1-4H3/t33-/m1/s1. The highest BCUT2D eigenvalue weighted by Crippen LogP contribution is 2.14. The Labute approximate surface area is 259 Å². The molecule has 0 rings (SSSR count). The van der Waals surface area contributed by atoms with E-state index < -0.39 is 6.10 Å². The Bertz CT molecular complexity index is 632. The summed E-state index contributed by atoms with van der Waals surface area (Å²) < 4.78 is 16.4. The molecule has 0 fully saturated rings. The van der Waals surface area contributed by atoms with Gasteiger partial charge in [0.05, 0.1) is 0 Å². The summed E-state index contributed by atoms with van der Waals surface area (Å²) in [5, 5.41) is 0. The molecule has 0 N–H and O–H groups in total. The number of hydrogen-bond acceptors (Lipinski definition) is 6. The van der Waals surface area contributed by atoms with E-state index in [9.17, 15) is 14.4 Å². The van der Waals surface area contributed by atoms with E-state index in [0.29, 0.717) is 19.3 Å². The molecule has 0 heterocycles. The summed E-state index contributed by atoms with van der Waals surface area (Å²) in [7, 11) is 0. The zero-order valence-corrected chi connectivity index (χ0v) is 28.2. The van der Waals surface area contributed by atoms with Gasteiger partial charge in [-0.05, 0) is 25.2 Å². The van der Waals surface area contributed by atoms with Gasteiger partial charge in [0, 0.05) is 19.3 Å². The molecule has 6 heteroatoms. The first kappa shape index (κ1) is 40.4. The average Bonchev–Trinajstić information content (AvgIpc) is 2.96. The molecule has 0 saturated carbocycles. The van der Waals surface area contributed by atoms with Gasteiger partial charge in [0.15, 0.2) is 6.10 Å². The monoisotopic (exact) mass is 597 g/mol. The van der Waals surface area contributed by atoms with Gasteiger partial charge in [-0.15, -0.1) is 0 Å². The average molecular weight is 597 g/mol. The van der Waals surface area contributed by atoms with Crippen LogP contribution in [0, 0.1) is 5.92 Å². The summed E-state index contributed by atoms with van der Waals surface area (Å²) >= 11 is 0. The van der Waals surface area contributed by atoms with E-state index in [1.54, 1.807) is 0 Å². The molecule has 0 amide bonds. The second kappa shape index (κ2) is 30.9. The Morgan fingerprint density at radius 1 is 0.452 bits per heavy atom. The van der Waals surface area contributed by atoms with Gasteiger partial charge in [0.1, 0.15) is 13.2 Å². The Hall–Kier alpha value is -1.59. The van der Waals surface area contributed by atoms with Crippen LogP contribution in [0.3, 0.4) is 0 Å². The predicted octanol–water partition coefficient (Wildman–Crippen LogP) is 10.4. The number of rotatable bonds is 31. The van der Waals surface area contributed by atoms with Gasteiger partial charge in [-0.25, -0.2) is 0 Å². The van der Waals surface area contributed by atoms with Gasteiger partial charge in [-0.2, -0.15) is 0 Å². The lowest BCUT2D eigenvalue weighted by Gasteiger charge is -2.18. The summed E-state index contributed by atoms with van der Waals surface area (Å²) in [6.07, 6.45) is 25.5. The second-order valence-corrected chi connectivity index (χ2v) is 12.6. The SMILES string of the molecule is CCCCCCCCCCCC(=O)OC[C@H](COC(=O)CCCCCCCCCC(C)C)OC(=O)CCCCCCC. The maximum absolute atomic E-state index is 12.4. The molecule has 0 aliphatic heterocycles. The van der Waals surface area contributed by atoms with E-state index >= 15 is 0 Å². The highest BCUT2D eigenvalue weighted by atomic mass is 16.6. The number of carbonyl (C=O) groups excluding carboxylic acids is 3. The minimum absolute atomic E-state index is 0.0675. The van der Waals surface area contributed by atoms with E-state index in [2.05, 4.69) is 27.7 Å². The van der Waals surface area contributed by atoms with Gasteiger partial charge >= 0.3 is 17.9 Å². The maximum atomic E-state index is 12.4. The van der Waals surface area contributed by atoms with Gasteiger partial charge in [0.2, 0.25) is 0 Å². The number of unbranched alkanes of at least 4 members (excludes halogenated alkanes) is 18. The van der Waals surface area contributed by atoms with E-state index in [4.69, 9.17) is 14.2 Å². The molecule has 0 unspecified atom stereocenters. The number of carbonyl (C=O) groups is 3. The Morgan fingerprint density at radius 3 is 1.17 bits per heavy atom. The molecule has 248 valence electrons. The van der Waals surface area contributed by atoms with Crippen LogP contribution in [0.5, 0.6) is 0 Å². The summed E-state index contributed by atoms with van der Waals surface area (Å²) in [5.74, 6) is -0.107. The third kappa shape index (κ3) is 29.9. The smallest absolute Gasteiger partial charge is 0.306 e. The topological polar surface area (TPSA) is 78.9 Å². The predicted molar refractivity (Wildman–Crippen MR) is 173 cm³/mol. The molecule has 6 nitrogen and oxygen atoms in total. The van der Waals surface area contributed by atoms with Gasteiger partial charge in [0.25, 0.3) is 0 Å². The van der Waals surface area contributed by atoms with Crippen LogP contribution in [-0.2, 0) is 28.6 Å². The van der Waals surface area contributed by atoms with Crippen molar-refractivity contribution in [2.75, 3.05) is 13.2 Å². The highest BCUT2D eigenvalue weighted by Gasteiger charge is 2.19. The summed E-state index contributed by atoms with van der Waals surface area (Å²) in [6, 6.07) is 0. The molecule has 42 heavy (non-hydrogen) atoms. The lowest BCUT2D eigenvalue weighted by Crippen LogP contribution is -2.30. The van der Waals surface area contributed by atoms with Crippen LogP contribution in [-0.4, -0.2) is 37.2 Å². The first-order valence-electron chi connectivity index (χ1n) is 17.9. The fourth-order valence-electron chi connectivity index (χ4n) is 5.04. The number of hydrogen-bond donors (Lipinski definition) is 0. The van der Waals surface area contributed by atoms with Crippen molar-refractivity contribution in [3.63, 3.8) is 0 Å². The van der Waals surface area contributed by atoms with Crippen LogP contribution in [0.15, 0.2) is 0 Å². The fourth-order valence-corrected chi connectivity index (χ4v) is 5.04. The molecule has 0 aromatic heterocycles. The largest absolute Gasteiger partial charge is 0.462 e. The summed E-state index contributed by atoms with van der Waals surface area (Å²) in [5.41, 5.74) is 0. The normalized spacial score (nSPS) is 11.9. The second-order valence-electron chi connectivity index (χ2n) is 12.6. The van der Waals surface area contributed by atoms with Gasteiger partial charge in [-0.3, -0.25) is 14.4 Å². The zero-order valence-electron chi connectivity index (χ0n) is 28.2. The molecule has 1 atom stereocenters. The molecule has 0 saturated heterocycles. The lowest BCUT2D eigenvalue weighted by molar-refractivity contribution is -0.167. The van der Waals surface area contributed by atoms with Crippen molar-refractivity contribution in [1.29, 1.82) is 0 Å². The van der Waals surface area contributed by atoms with Crippen molar-refractivity contribution in [2.24, 2.45) is 5.92 Å². The first-order valence-corrected chi connectivity index (χ1v) is 17.9. The van der Waals surface area contributed by atoms with Crippen LogP contribution >= 0.6 is 0 Å². The van der Waals surface area contributed by atoms with Crippen LogP contribution < -0.4 is 0 Å². The van der Waals surface area contributed by atoms with Crippen molar-refractivity contribution in [3.05, 3.63) is 0 Å². The van der Waals surface area contributed by atoms with E-state index in [1.165, 1.54) is 77.0 Å². The third-order valence-corrected chi connectivity index (χ3v) is 7.79. The Kier molecular flexibility index (Phi) is 29.7. The van der Waals surface area contributed by atoms with Crippen molar-refractivity contribution in [2.45, 2.75) is 194 Å². The highest BCUT2D eigenvalue weighted by molar-refractivity contribution is 5.71. The minimum atomic E-state index is -0.755. The Morgan fingerprint density at radius 2 is 0.786 bits per heavy atom. The van der Waals surface area contributed by atoms with E-state index in [0.717, 1.165) is 70.1 Å². The Balaban J connectivity index is 4.28. The molecule has 0 aromatic carbocycles. The van der Waals surface area contributed by atoms with Gasteiger partial charge in [-0.1, -0.05) is 150 Å². The molecular weight excluding hydrogens is 528 g/mol. The van der Waals surface area contributed by atoms with Crippen molar-refractivity contribution >= 4 is 17.9 Å². The van der Waals surface area contributed by atoms with Crippen molar-refractivity contribution in [3.8, 4) is 0 Å². The molecule has 0 radical (unpaired) electrons. The minimum Gasteiger partial charge on any atom is -0.462 e. The molecule has 0 aliphatic carbocycles. The van der Waals surface area contributed by atoms with Crippen LogP contribution in [0.25, 0.3) is 0 Å². The molecule has 0 spiro atoms. The van der Waals surface area contributed by atoms with Crippen LogP contribution in [0.4, 0.5) is 0 Å². The molecule has 0 aromatic rings. The quantitative estimate of drug-likeness (QED) is 0.0450. The summed E-state index contributed by atoms with van der Waals surface area (Å²) in [6.45, 7) is 8.79. The first-order chi connectivity index (χ1) is 20.4. The number of esters is 3. The zero-order chi connectivity index (χ0) is 31.1. The van der Waals surface area contributed by atoms with Crippen molar-refractivity contribution in [1.82, 2.24) is 0 Å². The van der Waals surface area contributed by atoms with E-state index in [-0.39, 0.29) is 31.1 Å². The van der Waals surface area contributed by atoms with Gasteiger partial charge < -0.3 is 14.2 Å².